The topological polar surface area (TPSA) is 58.0 Å². The largest absolute Gasteiger partial charge is 0.467 e. The van der Waals surface area contributed by atoms with Gasteiger partial charge in [0.25, 0.3) is 0 Å². The Morgan fingerprint density at radius 2 is 1.96 bits per heavy atom. The molecule has 6 heteroatoms. The lowest BCUT2D eigenvalue weighted by atomic mass is 10.1. The second-order valence-corrected chi connectivity index (χ2v) is 7.12. The third-order valence-corrected chi connectivity index (χ3v) is 5.13. The highest BCUT2D eigenvalue weighted by Gasteiger charge is 2.20. The van der Waals surface area contributed by atoms with Crippen LogP contribution >= 0.6 is 11.6 Å². The maximum atomic E-state index is 6.53. The van der Waals surface area contributed by atoms with Gasteiger partial charge in [-0.3, -0.25) is 0 Å². The first-order valence-corrected chi connectivity index (χ1v) is 9.36. The predicted octanol–water partition coefficient (Wildman–Crippen LogP) is 6.00. The Balaban J connectivity index is 1.75. The Morgan fingerprint density at radius 1 is 1.07 bits per heavy atom. The molecule has 0 aliphatic rings. The van der Waals surface area contributed by atoms with Crippen molar-refractivity contribution in [1.82, 2.24) is 15.0 Å². The van der Waals surface area contributed by atoms with Gasteiger partial charge >= 0.3 is 0 Å². The fraction of sp³-hybridized carbons (Fsp3) is 0.0909. The molecule has 3 heterocycles. The number of hydrogen-bond donors (Lipinski definition) is 1. The van der Waals surface area contributed by atoms with Crippen LogP contribution in [0, 0.1) is 6.92 Å². The zero-order valence-corrected chi connectivity index (χ0v) is 15.9. The van der Waals surface area contributed by atoms with Crippen LogP contribution in [0.25, 0.3) is 21.9 Å². The average molecular weight is 389 g/mol. The summed E-state index contributed by atoms with van der Waals surface area (Å²) in [5.41, 5.74) is 4.83. The zero-order valence-electron chi connectivity index (χ0n) is 15.2. The summed E-state index contributed by atoms with van der Waals surface area (Å²) in [6.45, 7) is 2.57. The van der Waals surface area contributed by atoms with Crippen LogP contribution in [0.15, 0.2) is 71.6 Å². The van der Waals surface area contributed by atoms with Gasteiger partial charge in [-0.15, -0.1) is 0 Å². The number of furan rings is 1. The number of aromatic amines is 1. The molecule has 0 saturated heterocycles. The number of halogens is 1. The van der Waals surface area contributed by atoms with Crippen LogP contribution in [-0.2, 0) is 6.54 Å². The first kappa shape index (κ1) is 16.8. The van der Waals surface area contributed by atoms with Gasteiger partial charge in [0.1, 0.15) is 23.1 Å². The van der Waals surface area contributed by atoms with Crippen molar-refractivity contribution in [1.29, 1.82) is 0 Å². The number of benzene rings is 2. The predicted molar refractivity (Wildman–Crippen MR) is 112 cm³/mol. The first-order chi connectivity index (χ1) is 13.7. The van der Waals surface area contributed by atoms with E-state index in [1.807, 2.05) is 41.3 Å². The van der Waals surface area contributed by atoms with Gasteiger partial charge in [-0.2, -0.15) is 0 Å². The fourth-order valence-corrected chi connectivity index (χ4v) is 3.74. The molecule has 0 aliphatic heterocycles. The molecular weight excluding hydrogens is 372 g/mol. The van der Waals surface area contributed by atoms with E-state index in [9.17, 15) is 0 Å². The van der Waals surface area contributed by atoms with Crippen LogP contribution in [0.3, 0.4) is 0 Å². The van der Waals surface area contributed by atoms with E-state index >= 15 is 0 Å². The third kappa shape index (κ3) is 2.80. The number of H-pyrrole nitrogens is 1. The molecule has 0 amide bonds. The van der Waals surface area contributed by atoms with E-state index in [-0.39, 0.29) is 0 Å². The molecule has 28 heavy (non-hydrogen) atoms. The van der Waals surface area contributed by atoms with Crippen molar-refractivity contribution in [3.8, 4) is 0 Å². The maximum Gasteiger partial charge on any atom is 0.161 e. The van der Waals surface area contributed by atoms with Crippen molar-refractivity contribution in [2.24, 2.45) is 0 Å². The number of aryl methyl sites for hydroxylation is 1. The van der Waals surface area contributed by atoms with E-state index in [1.54, 1.807) is 12.6 Å². The van der Waals surface area contributed by atoms with Crippen molar-refractivity contribution in [3.05, 3.63) is 83.5 Å². The van der Waals surface area contributed by atoms with Crippen molar-refractivity contribution in [3.63, 3.8) is 0 Å². The lowest BCUT2D eigenvalue weighted by molar-refractivity contribution is 0.510. The summed E-state index contributed by atoms with van der Waals surface area (Å²) in [5.74, 6) is 1.57. The lowest BCUT2D eigenvalue weighted by Crippen LogP contribution is -2.18. The fourth-order valence-electron chi connectivity index (χ4n) is 3.50. The summed E-state index contributed by atoms with van der Waals surface area (Å²) in [6, 6.07) is 17.8. The molecule has 0 unspecified atom stereocenters. The Labute approximate surface area is 166 Å². The normalized spacial score (nSPS) is 11.4. The Hall–Kier alpha value is -3.31. The highest BCUT2D eigenvalue weighted by molar-refractivity contribution is 6.33. The molecule has 5 nitrogen and oxygen atoms in total. The molecule has 0 fully saturated rings. The van der Waals surface area contributed by atoms with E-state index in [0.717, 1.165) is 39.2 Å². The van der Waals surface area contributed by atoms with Gasteiger partial charge in [0.05, 0.1) is 23.5 Å². The number of aromatic nitrogens is 3. The minimum atomic E-state index is 0.497. The summed E-state index contributed by atoms with van der Waals surface area (Å²) in [4.78, 5) is 14.7. The number of para-hydroxylation sites is 1. The quantitative estimate of drug-likeness (QED) is 0.410. The highest BCUT2D eigenvalue weighted by Crippen LogP contribution is 2.37. The molecule has 0 bridgehead atoms. The van der Waals surface area contributed by atoms with Crippen LogP contribution in [-0.4, -0.2) is 15.0 Å². The van der Waals surface area contributed by atoms with E-state index in [0.29, 0.717) is 11.6 Å². The molecule has 5 rings (SSSR count). The van der Waals surface area contributed by atoms with Crippen molar-refractivity contribution in [2.45, 2.75) is 13.5 Å². The molecule has 0 spiro atoms. The molecule has 0 atom stereocenters. The lowest BCUT2D eigenvalue weighted by Gasteiger charge is -2.24. The number of anilines is 2. The second kappa shape index (κ2) is 6.69. The maximum absolute atomic E-state index is 6.53. The first-order valence-electron chi connectivity index (χ1n) is 8.98. The molecule has 1 N–H and O–H groups in total. The van der Waals surface area contributed by atoms with E-state index in [1.165, 1.54) is 5.56 Å². The number of rotatable bonds is 4. The van der Waals surface area contributed by atoms with E-state index in [4.69, 9.17) is 16.0 Å². The van der Waals surface area contributed by atoms with Crippen LogP contribution in [0.2, 0.25) is 5.02 Å². The Morgan fingerprint density at radius 3 is 2.79 bits per heavy atom. The molecule has 138 valence electrons. The van der Waals surface area contributed by atoms with Gasteiger partial charge in [-0.1, -0.05) is 35.4 Å². The van der Waals surface area contributed by atoms with E-state index in [2.05, 4.69) is 40.1 Å². The molecule has 5 aromatic rings. The zero-order chi connectivity index (χ0) is 19.1. The summed E-state index contributed by atoms with van der Waals surface area (Å²) >= 11 is 6.53. The molecule has 0 radical (unpaired) electrons. The molecule has 2 aromatic carbocycles. The summed E-state index contributed by atoms with van der Waals surface area (Å²) < 4.78 is 5.60. The third-order valence-electron chi connectivity index (χ3n) is 4.81. The number of nitrogens with one attached hydrogen (secondary N) is 1. The second-order valence-electron chi connectivity index (χ2n) is 6.71. The van der Waals surface area contributed by atoms with Gasteiger partial charge in [0, 0.05) is 10.9 Å². The van der Waals surface area contributed by atoms with Crippen molar-refractivity contribution < 1.29 is 4.42 Å². The van der Waals surface area contributed by atoms with Crippen LogP contribution in [0.5, 0.6) is 0 Å². The van der Waals surface area contributed by atoms with Crippen molar-refractivity contribution >= 4 is 45.0 Å². The summed E-state index contributed by atoms with van der Waals surface area (Å²) in [7, 11) is 0. The smallest absolute Gasteiger partial charge is 0.161 e. The van der Waals surface area contributed by atoms with Crippen LogP contribution in [0.1, 0.15) is 11.3 Å². The van der Waals surface area contributed by atoms with Crippen LogP contribution in [0.4, 0.5) is 11.5 Å². The minimum Gasteiger partial charge on any atom is -0.467 e. The van der Waals surface area contributed by atoms with E-state index < -0.39 is 0 Å². The summed E-state index contributed by atoms with van der Waals surface area (Å²) in [6.07, 6.45) is 3.26. The Bertz CT molecular complexity index is 1280. The molecule has 3 aromatic heterocycles. The molecule has 0 saturated carbocycles. The van der Waals surface area contributed by atoms with Gasteiger partial charge in [-0.05, 0) is 43.3 Å². The standard InChI is InChI=1S/C22H17ClN4O/c1-14-8-9-18-16(11-14)20-21(26-18)22(25-13-24-20)27(12-15-5-4-10-28-15)19-7-3-2-6-17(19)23/h2-11,13,26H,12H2,1H3. The Kier molecular flexibility index (Phi) is 4.02. The minimum absolute atomic E-state index is 0.497. The number of fused-ring (bicyclic) bond motifs is 3. The summed E-state index contributed by atoms with van der Waals surface area (Å²) in [5, 5.41) is 1.73. The van der Waals surface area contributed by atoms with Gasteiger partial charge in [-0.25, -0.2) is 9.97 Å². The number of hydrogen-bond acceptors (Lipinski definition) is 4. The van der Waals surface area contributed by atoms with Gasteiger partial charge in [0.2, 0.25) is 0 Å². The highest BCUT2D eigenvalue weighted by atomic mass is 35.5. The average Bonchev–Trinajstić information content (AvgIpc) is 3.34. The van der Waals surface area contributed by atoms with Gasteiger partial charge < -0.3 is 14.3 Å². The van der Waals surface area contributed by atoms with Crippen LogP contribution < -0.4 is 4.90 Å². The SMILES string of the molecule is Cc1ccc2[nH]c3c(N(Cc4ccco4)c4ccccc4Cl)ncnc3c2c1. The molecule has 0 aliphatic carbocycles. The van der Waals surface area contributed by atoms with Gasteiger partial charge in [0.15, 0.2) is 5.82 Å². The molecular formula is C22H17ClN4O. The number of nitrogens with zero attached hydrogens (tertiary/aromatic N) is 3. The monoisotopic (exact) mass is 388 g/mol. The van der Waals surface area contributed by atoms with Crippen molar-refractivity contribution in [2.75, 3.05) is 4.90 Å².